The van der Waals surface area contributed by atoms with E-state index < -0.39 is 10.0 Å². The molecule has 1 heterocycles. The van der Waals surface area contributed by atoms with Gasteiger partial charge in [0.05, 0.1) is 14.2 Å². The van der Waals surface area contributed by atoms with Gasteiger partial charge in [0.1, 0.15) is 11.5 Å². The summed E-state index contributed by atoms with van der Waals surface area (Å²) in [7, 11) is -0.773. The van der Waals surface area contributed by atoms with E-state index in [4.69, 9.17) is 9.47 Å². The summed E-state index contributed by atoms with van der Waals surface area (Å²) in [5.74, 6) is 1.10. The van der Waals surface area contributed by atoms with Gasteiger partial charge in [0, 0.05) is 6.54 Å². The molecule has 0 bridgehead atoms. The van der Waals surface area contributed by atoms with Crippen LogP contribution in [0.1, 0.15) is 12.8 Å². The maximum atomic E-state index is 12.5. The van der Waals surface area contributed by atoms with Crippen LogP contribution >= 0.6 is 0 Å². The molecule has 0 spiro atoms. The summed E-state index contributed by atoms with van der Waals surface area (Å²) in [6.07, 6.45) is 1.92. The van der Waals surface area contributed by atoms with Gasteiger partial charge in [-0.25, -0.2) is 13.1 Å². The highest BCUT2D eigenvalue weighted by molar-refractivity contribution is 7.89. The maximum absolute atomic E-state index is 12.5. The fourth-order valence-electron chi connectivity index (χ4n) is 2.51. The number of hydrogen-bond donors (Lipinski definition) is 2. The first kappa shape index (κ1) is 16.1. The summed E-state index contributed by atoms with van der Waals surface area (Å²) in [5, 5.41) is 3.27. The molecule has 0 aromatic heterocycles. The number of ether oxygens (including phenoxy) is 2. The lowest BCUT2D eigenvalue weighted by atomic mass is 10.1. The van der Waals surface area contributed by atoms with Crippen LogP contribution in [0.25, 0.3) is 0 Å². The van der Waals surface area contributed by atoms with E-state index >= 15 is 0 Å². The Hall–Kier alpha value is -1.31. The lowest BCUT2D eigenvalue weighted by Gasteiger charge is -2.15. The normalized spacial score (nSPS) is 18.7. The molecule has 1 unspecified atom stereocenters. The topological polar surface area (TPSA) is 76.7 Å². The van der Waals surface area contributed by atoms with Crippen LogP contribution in [0.15, 0.2) is 23.1 Å². The Bertz CT molecular complexity index is 546. The van der Waals surface area contributed by atoms with Crippen LogP contribution in [0.3, 0.4) is 0 Å². The molecule has 0 radical (unpaired) electrons. The molecule has 6 nitrogen and oxygen atoms in total. The summed E-state index contributed by atoms with van der Waals surface area (Å²) in [6.45, 7) is 2.38. The van der Waals surface area contributed by atoms with Crippen molar-refractivity contribution in [2.75, 3.05) is 33.9 Å². The SMILES string of the molecule is COc1cccc(OC)c1S(=O)(=O)NCCC1CCNC1. The summed E-state index contributed by atoms with van der Waals surface area (Å²) in [5.41, 5.74) is 0. The molecule has 7 heteroatoms. The van der Waals surface area contributed by atoms with Gasteiger partial charge < -0.3 is 14.8 Å². The Balaban J connectivity index is 2.11. The van der Waals surface area contributed by atoms with Gasteiger partial charge in [-0.1, -0.05) is 6.07 Å². The third-order valence-electron chi connectivity index (χ3n) is 3.66. The average Bonchev–Trinajstić information content (AvgIpc) is 2.99. The number of sulfonamides is 1. The van der Waals surface area contributed by atoms with Crippen molar-refractivity contribution in [2.24, 2.45) is 5.92 Å². The van der Waals surface area contributed by atoms with Crippen molar-refractivity contribution in [1.29, 1.82) is 0 Å². The predicted octanol–water partition coefficient (Wildman–Crippen LogP) is 0.982. The Morgan fingerprint density at radius 2 is 1.95 bits per heavy atom. The number of hydrogen-bond acceptors (Lipinski definition) is 5. The van der Waals surface area contributed by atoms with Gasteiger partial charge in [0.15, 0.2) is 4.90 Å². The van der Waals surface area contributed by atoms with Crippen LogP contribution in [0, 0.1) is 5.92 Å². The minimum absolute atomic E-state index is 0.0551. The van der Waals surface area contributed by atoms with Crippen LogP contribution in [0.2, 0.25) is 0 Å². The van der Waals surface area contributed by atoms with E-state index in [2.05, 4.69) is 10.0 Å². The van der Waals surface area contributed by atoms with E-state index in [0.29, 0.717) is 12.5 Å². The highest BCUT2D eigenvalue weighted by Crippen LogP contribution is 2.32. The zero-order valence-corrected chi connectivity index (χ0v) is 13.2. The van der Waals surface area contributed by atoms with E-state index in [1.54, 1.807) is 18.2 Å². The predicted molar refractivity (Wildman–Crippen MR) is 80.3 cm³/mol. The van der Waals surface area contributed by atoms with Crippen molar-refractivity contribution < 1.29 is 17.9 Å². The molecule has 0 amide bonds. The molecule has 1 aliphatic rings. The Kier molecular flexibility index (Phi) is 5.44. The second-order valence-corrected chi connectivity index (χ2v) is 6.74. The molecule has 1 atom stereocenters. The largest absolute Gasteiger partial charge is 0.495 e. The number of benzene rings is 1. The Morgan fingerprint density at radius 1 is 1.29 bits per heavy atom. The minimum atomic E-state index is -3.66. The molecular formula is C14H22N2O4S. The van der Waals surface area contributed by atoms with Crippen molar-refractivity contribution >= 4 is 10.0 Å². The fraction of sp³-hybridized carbons (Fsp3) is 0.571. The van der Waals surface area contributed by atoms with Crippen molar-refractivity contribution in [1.82, 2.24) is 10.0 Å². The monoisotopic (exact) mass is 314 g/mol. The summed E-state index contributed by atoms with van der Waals surface area (Å²) in [4.78, 5) is 0.0551. The van der Waals surface area contributed by atoms with Gasteiger partial charge in [0.2, 0.25) is 10.0 Å². The first-order chi connectivity index (χ1) is 10.1. The van der Waals surface area contributed by atoms with Gasteiger partial charge in [-0.05, 0) is 44.0 Å². The third kappa shape index (κ3) is 3.87. The molecule has 1 aromatic carbocycles. The zero-order valence-electron chi connectivity index (χ0n) is 12.4. The molecule has 1 saturated heterocycles. The van der Waals surface area contributed by atoms with Crippen LogP contribution in [-0.4, -0.2) is 42.3 Å². The Labute approximate surface area is 125 Å². The lowest BCUT2D eigenvalue weighted by molar-refractivity contribution is 0.372. The van der Waals surface area contributed by atoms with Gasteiger partial charge in [0.25, 0.3) is 0 Å². The van der Waals surface area contributed by atoms with Gasteiger partial charge in [-0.15, -0.1) is 0 Å². The number of rotatable bonds is 7. The molecule has 118 valence electrons. The molecule has 1 fully saturated rings. The smallest absolute Gasteiger partial charge is 0.247 e. The molecule has 1 aromatic rings. The minimum Gasteiger partial charge on any atom is -0.495 e. The standard InChI is InChI=1S/C14H22N2O4S/c1-19-12-4-3-5-13(20-2)14(12)21(17,18)16-9-7-11-6-8-15-10-11/h3-5,11,15-16H,6-10H2,1-2H3. The van der Waals surface area contributed by atoms with E-state index in [0.717, 1.165) is 25.9 Å². The molecular weight excluding hydrogens is 292 g/mol. The van der Waals surface area contributed by atoms with Crippen molar-refractivity contribution in [3.63, 3.8) is 0 Å². The quantitative estimate of drug-likeness (QED) is 0.784. The lowest BCUT2D eigenvalue weighted by Crippen LogP contribution is -2.27. The maximum Gasteiger partial charge on any atom is 0.247 e. The zero-order chi connectivity index (χ0) is 15.3. The third-order valence-corrected chi connectivity index (χ3v) is 5.18. The van der Waals surface area contributed by atoms with Crippen molar-refractivity contribution in [2.45, 2.75) is 17.7 Å². The van der Waals surface area contributed by atoms with E-state index in [1.807, 2.05) is 0 Å². The van der Waals surface area contributed by atoms with Crippen molar-refractivity contribution in [3.05, 3.63) is 18.2 Å². The van der Waals surface area contributed by atoms with Crippen LogP contribution < -0.4 is 19.5 Å². The summed E-state index contributed by atoms with van der Waals surface area (Å²) < 4.78 is 37.9. The van der Waals surface area contributed by atoms with Crippen LogP contribution in [-0.2, 0) is 10.0 Å². The first-order valence-electron chi connectivity index (χ1n) is 7.00. The molecule has 1 aliphatic heterocycles. The average molecular weight is 314 g/mol. The fourth-order valence-corrected chi connectivity index (χ4v) is 3.88. The Morgan fingerprint density at radius 3 is 2.48 bits per heavy atom. The van der Waals surface area contributed by atoms with E-state index in [9.17, 15) is 8.42 Å². The molecule has 2 rings (SSSR count). The van der Waals surface area contributed by atoms with Gasteiger partial charge in [-0.3, -0.25) is 0 Å². The molecule has 2 N–H and O–H groups in total. The van der Waals surface area contributed by atoms with Crippen molar-refractivity contribution in [3.8, 4) is 11.5 Å². The molecule has 0 saturated carbocycles. The summed E-state index contributed by atoms with van der Waals surface area (Å²) in [6, 6.07) is 4.91. The first-order valence-corrected chi connectivity index (χ1v) is 8.48. The van der Waals surface area contributed by atoms with E-state index in [1.165, 1.54) is 14.2 Å². The highest BCUT2D eigenvalue weighted by atomic mass is 32.2. The second-order valence-electron chi connectivity index (χ2n) is 5.04. The molecule has 0 aliphatic carbocycles. The van der Waals surface area contributed by atoms with E-state index in [-0.39, 0.29) is 16.4 Å². The van der Waals surface area contributed by atoms with Crippen LogP contribution in [0.4, 0.5) is 0 Å². The van der Waals surface area contributed by atoms with Crippen LogP contribution in [0.5, 0.6) is 11.5 Å². The van der Waals surface area contributed by atoms with Gasteiger partial charge in [-0.2, -0.15) is 0 Å². The number of nitrogens with one attached hydrogen (secondary N) is 2. The summed E-state index contributed by atoms with van der Waals surface area (Å²) >= 11 is 0. The van der Waals surface area contributed by atoms with Gasteiger partial charge >= 0.3 is 0 Å². The molecule has 21 heavy (non-hydrogen) atoms. The highest BCUT2D eigenvalue weighted by Gasteiger charge is 2.25. The second kappa shape index (κ2) is 7.11. The number of methoxy groups -OCH3 is 2.